The summed E-state index contributed by atoms with van der Waals surface area (Å²) in [5.41, 5.74) is 2.48. The molecule has 0 saturated carbocycles. The number of urea groups is 1. The third-order valence-corrected chi connectivity index (χ3v) is 7.35. The average Bonchev–Trinajstić information content (AvgIpc) is 3.55. The zero-order valence-electron chi connectivity index (χ0n) is 19.0. The van der Waals surface area contributed by atoms with Gasteiger partial charge in [-0.1, -0.05) is 24.3 Å². The number of para-hydroxylation sites is 1. The Hall–Kier alpha value is -3.65. The lowest BCUT2D eigenvalue weighted by atomic mass is 9.87. The van der Waals surface area contributed by atoms with Crippen molar-refractivity contribution in [3.63, 3.8) is 0 Å². The molecule has 8 nitrogen and oxygen atoms in total. The Balaban J connectivity index is 1.32. The fraction of sp³-hybridized carbons (Fsp3) is 0.346. The van der Waals surface area contributed by atoms with Crippen molar-refractivity contribution in [3.05, 3.63) is 65.4 Å². The minimum absolute atomic E-state index is 0.0373. The summed E-state index contributed by atoms with van der Waals surface area (Å²) in [5, 5.41) is 3.98. The van der Waals surface area contributed by atoms with E-state index in [1.165, 1.54) is 4.90 Å². The van der Waals surface area contributed by atoms with Crippen molar-refractivity contribution in [1.29, 1.82) is 0 Å². The number of imide groups is 1. The molecule has 3 aliphatic rings. The second-order valence-electron chi connectivity index (χ2n) is 9.32. The number of aromatic amines is 1. The standard InChI is InChI=1S/C26H26N4O4/c1-26-22-20(19-9-2-3-10-21(19)28-22)11-12-29(26)25(33)30(24(26)32)17-7-4-6-16(14-17)23(31)27-15-18-8-5-13-34-18/h2-4,6-7,9-10,14,18,28H,5,8,11-13,15H2,1H3,(H,27,31)/t18?,26-/m0/s1. The van der Waals surface area contributed by atoms with Crippen molar-refractivity contribution < 1.29 is 19.1 Å². The minimum Gasteiger partial charge on any atom is -0.376 e. The lowest BCUT2D eigenvalue weighted by Crippen LogP contribution is -2.49. The second kappa shape index (κ2) is 7.70. The first kappa shape index (κ1) is 20.9. The third kappa shape index (κ3) is 2.98. The number of amides is 4. The van der Waals surface area contributed by atoms with Crippen LogP contribution >= 0.6 is 0 Å². The number of anilines is 1. The highest BCUT2D eigenvalue weighted by atomic mass is 16.5. The Labute approximate surface area is 196 Å². The maximum Gasteiger partial charge on any atom is 0.332 e. The molecule has 1 aromatic heterocycles. The Morgan fingerprint density at radius 1 is 1.21 bits per heavy atom. The van der Waals surface area contributed by atoms with Crippen molar-refractivity contribution in [2.45, 2.75) is 37.8 Å². The summed E-state index contributed by atoms with van der Waals surface area (Å²) in [7, 11) is 0. The number of nitrogens with zero attached hydrogens (tertiary/aromatic N) is 2. The van der Waals surface area contributed by atoms with Crippen LogP contribution in [-0.4, -0.2) is 53.5 Å². The molecule has 0 radical (unpaired) electrons. The maximum absolute atomic E-state index is 13.8. The van der Waals surface area contributed by atoms with Gasteiger partial charge in [-0.15, -0.1) is 0 Å². The lowest BCUT2D eigenvalue weighted by molar-refractivity contribution is -0.125. The number of carbonyl (C=O) groups excluding carboxylic acids is 3. The van der Waals surface area contributed by atoms with E-state index in [2.05, 4.69) is 10.3 Å². The number of nitrogens with one attached hydrogen (secondary N) is 2. The SMILES string of the molecule is C[C@]12C(=O)N(c3cccc(C(=O)NCC4CCCO4)c3)C(=O)N1CCc1c2[nH]c2ccccc12. The van der Waals surface area contributed by atoms with Crippen molar-refractivity contribution in [3.8, 4) is 0 Å². The molecule has 1 unspecified atom stereocenters. The number of benzene rings is 2. The highest BCUT2D eigenvalue weighted by Crippen LogP contribution is 2.45. The van der Waals surface area contributed by atoms with Crippen LogP contribution in [0.25, 0.3) is 10.9 Å². The van der Waals surface area contributed by atoms with Crippen molar-refractivity contribution in [2.24, 2.45) is 0 Å². The second-order valence-corrected chi connectivity index (χ2v) is 9.32. The Bertz CT molecular complexity index is 1330. The van der Waals surface area contributed by atoms with E-state index in [1.54, 1.807) is 36.1 Å². The van der Waals surface area contributed by atoms with Crippen LogP contribution in [0.5, 0.6) is 0 Å². The number of fused-ring (bicyclic) bond motifs is 5. The van der Waals surface area contributed by atoms with Crippen LogP contribution in [-0.2, 0) is 21.5 Å². The molecule has 6 rings (SSSR count). The van der Waals surface area contributed by atoms with Crippen LogP contribution in [0.2, 0.25) is 0 Å². The summed E-state index contributed by atoms with van der Waals surface area (Å²) in [5.74, 6) is -0.569. The number of hydrogen-bond donors (Lipinski definition) is 2. The summed E-state index contributed by atoms with van der Waals surface area (Å²) < 4.78 is 5.57. The number of hydrogen-bond acceptors (Lipinski definition) is 4. The van der Waals surface area contributed by atoms with Crippen molar-refractivity contribution >= 4 is 34.4 Å². The van der Waals surface area contributed by atoms with E-state index in [9.17, 15) is 14.4 Å². The van der Waals surface area contributed by atoms with Gasteiger partial charge in [0, 0.05) is 36.2 Å². The molecule has 2 atom stereocenters. The molecule has 34 heavy (non-hydrogen) atoms. The quantitative estimate of drug-likeness (QED) is 0.587. The number of rotatable bonds is 4. The van der Waals surface area contributed by atoms with Gasteiger partial charge in [-0.25, -0.2) is 9.69 Å². The van der Waals surface area contributed by atoms with Crippen LogP contribution in [0, 0.1) is 0 Å². The monoisotopic (exact) mass is 458 g/mol. The van der Waals surface area contributed by atoms with Gasteiger partial charge in [-0.05, 0) is 56.0 Å². The molecule has 2 fully saturated rings. The van der Waals surface area contributed by atoms with E-state index in [4.69, 9.17) is 4.74 Å². The summed E-state index contributed by atoms with van der Waals surface area (Å²) in [4.78, 5) is 46.3. The summed E-state index contributed by atoms with van der Waals surface area (Å²) in [6.07, 6.45) is 2.65. The van der Waals surface area contributed by atoms with Gasteiger partial charge in [-0.3, -0.25) is 9.59 Å². The van der Waals surface area contributed by atoms with Gasteiger partial charge in [0.25, 0.3) is 11.8 Å². The Kier molecular flexibility index (Phi) is 4.74. The van der Waals surface area contributed by atoms with Crippen molar-refractivity contribution in [2.75, 3.05) is 24.6 Å². The normalized spacial score (nSPS) is 24.0. The summed E-state index contributed by atoms with van der Waals surface area (Å²) in [6.45, 7) is 3.43. The third-order valence-electron chi connectivity index (χ3n) is 7.35. The van der Waals surface area contributed by atoms with Gasteiger partial charge in [-0.2, -0.15) is 0 Å². The average molecular weight is 459 g/mol. The molecule has 3 aromatic rings. The largest absolute Gasteiger partial charge is 0.376 e. The number of carbonyl (C=O) groups is 3. The zero-order valence-corrected chi connectivity index (χ0v) is 19.0. The van der Waals surface area contributed by atoms with E-state index in [0.29, 0.717) is 30.8 Å². The predicted octanol–water partition coefficient (Wildman–Crippen LogP) is 3.32. The number of aromatic nitrogens is 1. The van der Waals surface area contributed by atoms with E-state index >= 15 is 0 Å². The first-order valence-electron chi connectivity index (χ1n) is 11.7. The first-order valence-corrected chi connectivity index (χ1v) is 11.7. The molecule has 8 heteroatoms. The van der Waals surface area contributed by atoms with E-state index in [1.807, 2.05) is 24.3 Å². The predicted molar refractivity (Wildman–Crippen MR) is 127 cm³/mol. The van der Waals surface area contributed by atoms with E-state index in [0.717, 1.165) is 41.6 Å². The van der Waals surface area contributed by atoms with Gasteiger partial charge in [0.2, 0.25) is 0 Å². The number of H-pyrrole nitrogens is 1. The van der Waals surface area contributed by atoms with Gasteiger partial charge in [0.15, 0.2) is 5.54 Å². The lowest BCUT2D eigenvalue weighted by Gasteiger charge is -2.35. The van der Waals surface area contributed by atoms with Crippen LogP contribution in [0.4, 0.5) is 10.5 Å². The molecule has 2 N–H and O–H groups in total. The molecule has 2 saturated heterocycles. The molecule has 2 aromatic carbocycles. The highest BCUT2D eigenvalue weighted by molar-refractivity contribution is 6.24. The minimum atomic E-state index is -1.12. The smallest absolute Gasteiger partial charge is 0.332 e. The molecule has 4 heterocycles. The van der Waals surface area contributed by atoms with E-state index < -0.39 is 5.54 Å². The van der Waals surface area contributed by atoms with Gasteiger partial charge >= 0.3 is 6.03 Å². The molecule has 0 bridgehead atoms. The fourth-order valence-electron chi connectivity index (χ4n) is 5.52. The fourth-order valence-corrected chi connectivity index (χ4v) is 5.52. The van der Waals surface area contributed by atoms with Gasteiger partial charge in [0.05, 0.1) is 17.5 Å². The Morgan fingerprint density at radius 2 is 2.06 bits per heavy atom. The molecular formula is C26H26N4O4. The number of ether oxygens (including phenoxy) is 1. The molecule has 4 amide bonds. The maximum atomic E-state index is 13.8. The van der Waals surface area contributed by atoms with Crippen LogP contribution < -0.4 is 10.2 Å². The van der Waals surface area contributed by atoms with E-state index in [-0.39, 0.29) is 23.9 Å². The van der Waals surface area contributed by atoms with Crippen LogP contribution in [0.15, 0.2) is 48.5 Å². The molecule has 174 valence electrons. The highest BCUT2D eigenvalue weighted by Gasteiger charge is 2.59. The van der Waals surface area contributed by atoms with Crippen molar-refractivity contribution in [1.82, 2.24) is 15.2 Å². The molecule has 0 spiro atoms. The summed E-state index contributed by atoms with van der Waals surface area (Å²) in [6, 6.07) is 14.3. The topological polar surface area (TPSA) is 94.7 Å². The summed E-state index contributed by atoms with van der Waals surface area (Å²) >= 11 is 0. The first-order chi connectivity index (χ1) is 16.5. The van der Waals surface area contributed by atoms with Gasteiger partial charge in [0.1, 0.15) is 0 Å². The molecule has 3 aliphatic heterocycles. The van der Waals surface area contributed by atoms with Gasteiger partial charge < -0.3 is 19.9 Å². The Morgan fingerprint density at radius 3 is 2.88 bits per heavy atom. The van der Waals surface area contributed by atoms with Crippen LogP contribution in [0.1, 0.15) is 41.4 Å². The molecular weight excluding hydrogens is 432 g/mol. The zero-order chi connectivity index (χ0) is 23.4. The molecule has 0 aliphatic carbocycles. The van der Waals surface area contributed by atoms with Crippen LogP contribution in [0.3, 0.4) is 0 Å².